The SMILES string of the molecule is CCCN[P@@]12=NP(N3CCCC3)(N3CCCC3)=N[P@@](=[N+]3CCCC3)(N=P(N3CCCC3)(N3CCCC3)[N-]1)N2CCC.CCCN[P@@]12=NP(N3CCCC3)(N3CCCC3)=N[P@@](N3CCCC3)(=NP(N3CCCC3)(N3CCCC3)=N1)N2CCC. The summed E-state index contributed by atoms with van der Waals surface area (Å²) in [5.41, 5.74) is 0. The second-order valence-electron chi connectivity index (χ2n) is 25.7. The Morgan fingerprint density at radius 2 is 0.671 bits per heavy atom. The predicted octanol–water partition coefficient (Wildman–Crippen LogP) is 16.1. The molecule has 0 aromatic carbocycles. The maximum absolute atomic E-state index is 6.40. The first-order valence-electron chi connectivity index (χ1n) is 33.9. The molecule has 14 rings (SSSR count). The fraction of sp³-hybridized carbons (Fsp3) is 1.00. The van der Waals surface area contributed by atoms with E-state index >= 15 is 0 Å². The van der Waals surface area contributed by atoms with Crippen molar-refractivity contribution in [1.29, 1.82) is 0 Å². The third-order valence-corrected chi connectivity index (χ3v) is 54.5. The van der Waals surface area contributed by atoms with Crippen LogP contribution in [0.2, 0.25) is 0 Å². The molecule has 0 radical (unpaired) electrons. The van der Waals surface area contributed by atoms with Crippen LogP contribution in [-0.4, -0.2) is 212 Å². The quantitative estimate of drug-likeness (QED) is 0.118. The van der Waals surface area contributed by atoms with Gasteiger partial charge in [0.05, 0.1) is 0 Å². The van der Waals surface area contributed by atoms with Gasteiger partial charge in [0.25, 0.3) is 0 Å². The van der Waals surface area contributed by atoms with Gasteiger partial charge in [-0.3, -0.25) is 19.5 Å². The minimum absolute atomic E-state index is 0.973. The molecule has 468 valence electrons. The zero-order chi connectivity index (χ0) is 55.9. The molecule has 0 aromatic heterocycles. The Morgan fingerprint density at radius 3 is 1.07 bits per heavy atom. The fourth-order valence-corrected chi connectivity index (χ4v) is 62.8. The van der Waals surface area contributed by atoms with Gasteiger partial charge in [-0.25, -0.2) is 41.5 Å². The molecule has 10 fully saturated rings. The van der Waals surface area contributed by atoms with E-state index in [9.17, 15) is 0 Å². The Hall–Kier alpha value is 1.28. The zero-order valence-electron chi connectivity index (χ0n) is 51.5. The largest absolute Gasteiger partial charge is 0.528 e. The van der Waals surface area contributed by atoms with Crippen LogP contribution in [0.1, 0.15) is 182 Å². The molecule has 2 N–H and O–H groups in total. The summed E-state index contributed by atoms with van der Waals surface area (Å²) >= 11 is 0. The molecule has 14 aliphatic heterocycles. The van der Waals surface area contributed by atoms with Gasteiger partial charge in [0.2, 0.25) is 37.5 Å². The van der Waals surface area contributed by atoms with Crippen molar-refractivity contribution in [2.75, 3.05) is 157 Å². The highest BCUT2D eigenvalue weighted by Crippen LogP contribution is 2.96. The Balaban J connectivity index is 0.000000154. The highest BCUT2D eigenvalue weighted by atomic mass is 31.3. The van der Waals surface area contributed by atoms with E-state index in [2.05, 4.69) is 93.1 Å². The molecule has 0 saturated carbocycles. The van der Waals surface area contributed by atoms with Crippen molar-refractivity contribution in [3.8, 4) is 0 Å². The smallest absolute Gasteiger partial charge is 0.407 e. The molecular formula is C52H110N22P8. The van der Waals surface area contributed by atoms with Crippen molar-refractivity contribution in [3.63, 3.8) is 0 Å². The van der Waals surface area contributed by atoms with E-state index in [0.717, 1.165) is 183 Å². The van der Waals surface area contributed by atoms with Crippen LogP contribution in [0.3, 0.4) is 0 Å². The summed E-state index contributed by atoms with van der Waals surface area (Å²) in [5.74, 6) is 0. The van der Waals surface area contributed by atoms with Crippen LogP contribution in [-0.2, 0) is 0 Å². The van der Waals surface area contributed by atoms with Crippen molar-refractivity contribution in [1.82, 2.24) is 61.1 Å². The van der Waals surface area contributed by atoms with E-state index in [-0.39, 0.29) is 0 Å². The van der Waals surface area contributed by atoms with Crippen LogP contribution in [0.25, 0.3) is 4.86 Å². The van der Waals surface area contributed by atoms with Crippen molar-refractivity contribution < 1.29 is 4.33 Å². The van der Waals surface area contributed by atoms with Gasteiger partial charge in [-0.2, -0.15) is 31.5 Å². The topological polar surface area (TPSA) is 163 Å². The van der Waals surface area contributed by atoms with Gasteiger partial charge in [0.15, 0.2) is 0 Å². The van der Waals surface area contributed by atoms with E-state index in [1.54, 1.807) is 0 Å². The lowest BCUT2D eigenvalue weighted by Crippen LogP contribution is -2.40. The first-order chi connectivity index (χ1) is 40.2. The number of nitrogens with one attached hydrogen (secondary N) is 2. The van der Waals surface area contributed by atoms with E-state index in [1.165, 1.54) is 128 Å². The first-order valence-corrected chi connectivity index (χ1v) is 46.8. The summed E-state index contributed by atoms with van der Waals surface area (Å²) in [6.07, 6.45) is 29.9. The van der Waals surface area contributed by atoms with Gasteiger partial charge in [0.1, 0.15) is 13.1 Å². The van der Waals surface area contributed by atoms with Gasteiger partial charge >= 0.3 is 7.51 Å². The molecule has 30 heteroatoms. The molecule has 82 heavy (non-hydrogen) atoms. The molecule has 10 saturated heterocycles. The number of nitrogens with zero attached hydrogens (tertiary/aromatic N) is 20. The third-order valence-electron chi connectivity index (χ3n) is 19.8. The summed E-state index contributed by atoms with van der Waals surface area (Å²) in [5, 5.41) is 8.47. The Kier molecular flexibility index (Phi) is 20.1. The fourth-order valence-electron chi connectivity index (χ4n) is 15.7. The van der Waals surface area contributed by atoms with Crippen molar-refractivity contribution in [2.24, 2.45) is 31.6 Å². The third kappa shape index (κ3) is 10.9. The Labute approximate surface area is 498 Å². The summed E-state index contributed by atoms with van der Waals surface area (Å²) in [6.45, 7) is 36.0. The highest BCUT2D eigenvalue weighted by molar-refractivity contribution is 7.97. The van der Waals surface area contributed by atoms with Crippen LogP contribution in [0, 0.1) is 0 Å². The average Bonchev–Trinajstić information content (AvgIpc) is 4.27. The van der Waals surface area contributed by atoms with Crippen molar-refractivity contribution in [2.45, 2.75) is 182 Å². The van der Waals surface area contributed by atoms with Crippen LogP contribution < -0.4 is 10.2 Å². The van der Waals surface area contributed by atoms with E-state index < -0.39 is 60.1 Å². The monoisotopic (exact) mass is 1290 g/mol. The molecule has 0 spiro atoms. The van der Waals surface area contributed by atoms with E-state index in [4.69, 9.17) is 36.5 Å². The molecular weight excluding hydrogens is 1180 g/mol. The van der Waals surface area contributed by atoms with E-state index in [1.807, 2.05) is 0 Å². The summed E-state index contributed by atoms with van der Waals surface area (Å²) in [7, 11) is -19.0. The number of hydrogen-bond donors (Lipinski definition) is 2. The maximum Gasteiger partial charge on any atom is 0.407 e. The lowest BCUT2D eigenvalue weighted by atomic mass is 10.4. The minimum atomic E-state index is -2.47. The van der Waals surface area contributed by atoms with Crippen LogP contribution in [0.15, 0.2) is 31.6 Å². The number of rotatable bonds is 19. The zero-order valence-corrected chi connectivity index (χ0v) is 58.6. The molecule has 0 unspecified atom stereocenters. The second-order valence-corrected chi connectivity index (χ2v) is 49.0. The van der Waals surface area contributed by atoms with Gasteiger partial charge < -0.3 is 4.86 Å². The first kappa shape index (κ1) is 62.1. The number of fused-ring (bicyclic) bond motifs is 4. The van der Waals surface area contributed by atoms with Gasteiger partial charge in [-0.05, 0) is 148 Å². The van der Waals surface area contributed by atoms with Gasteiger partial charge in [-0.15, -0.1) is 4.52 Å². The molecule has 14 heterocycles. The summed E-state index contributed by atoms with van der Waals surface area (Å²) in [6, 6.07) is 0. The molecule has 22 nitrogen and oxygen atoms in total. The molecule has 4 atom stereocenters. The Morgan fingerprint density at radius 1 is 0.329 bits per heavy atom. The lowest BCUT2D eigenvalue weighted by Gasteiger charge is -2.63. The number of hydrogen-bond acceptors (Lipinski definition) is 17. The highest BCUT2D eigenvalue weighted by Gasteiger charge is 2.61. The van der Waals surface area contributed by atoms with Gasteiger partial charge in [0, 0.05) is 165 Å². The normalized spacial score (nSPS) is 36.7. The van der Waals surface area contributed by atoms with Crippen molar-refractivity contribution >= 4 is 60.1 Å². The maximum atomic E-state index is 6.40. The molecule has 4 bridgehead atoms. The van der Waals surface area contributed by atoms with Crippen molar-refractivity contribution in [3.05, 3.63) is 4.86 Å². The average molecular weight is 1290 g/mol. The Bertz CT molecular complexity index is 2620. The molecule has 0 amide bonds. The second kappa shape index (κ2) is 26.5. The molecule has 14 aliphatic rings. The van der Waals surface area contributed by atoms with Gasteiger partial charge in [-0.1, -0.05) is 27.7 Å². The lowest BCUT2D eigenvalue weighted by molar-refractivity contribution is -0.489. The standard InChI is InChI=1S/2C26H55N11P4/c2*1-3-15-27-38-28-39(32-17-5-6-18-32,33-19-7-8-20-33)30-41(37(38)16-4-2,36-25-13-14-26-36)31-40(29-38,34-21-9-10-22-34)35-23-11-12-24-35/h2*27H,3-26H2,1-2H3/t2*38-,41+. The van der Waals surface area contributed by atoms with Crippen LogP contribution in [0.4, 0.5) is 0 Å². The van der Waals surface area contributed by atoms with Crippen LogP contribution >= 0.6 is 60.1 Å². The summed E-state index contributed by atoms with van der Waals surface area (Å²) < 4.78 is 77.9. The summed E-state index contributed by atoms with van der Waals surface area (Å²) in [4.78, 5) is 6.29. The molecule has 0 aliphatic carbocycles. The van der Waals surface area contributed by atoms with Crippen LogP contribution in [0.5, 0.6) is 0 Å². The van der Waals surface area contributed by atoms with E-state index in [0.29, 0.717) is 0 Å². The predicted molar refractivity (Wildman–Crippen MR) is 353 cm³/mol. The molecule has 0 aromatic rings. The minimum Gasteiger partial charge on any atom is -0.528 e.